The number of halogens is 2. The van der Waals surface area contributed by atoms with Crippen molar-refractivity contribution in [1.82, 2.24) is 24.4 Å². The summed E-state index contributed by atoms with van der Waals surface area (Å²) in [5.41, 5.74) is 4.08. The molecular weight excluding hydrogens is 548 g/mol. The number of pyridine rings is 2. The van der Waals surface area contributed by atoms with E-state index >= 15 is 0 Å². The summed E-state index contributed by atoms with van der Waals surface area (Å²) in [7, 11) is 0. The molecule has 224 valence electrons. The maximum atomic E-state index is 14.7. The number of carbonyl (C=O) groups excluding carboxylic acids is 1. The fourth-order valence-electron chi connectivity index (χ4n) is 6.99. The van der Waals surface area contributed by atoms with Gasteiger partial charge in [0.05, 0.1) is 28.6 Å². The van der Waals surface area contributed by atoms with Crippen molar-refractivity contribution >= 4 is 34.1 Å². The van der Waals surface area contributed by atoms with Gasteiger partial charge in [-0.15, -0.1) is 0 Å². The van der Waals surface area contributed by atoms with E-state index in [1.807, 2.05) is 55.4 Å². The molecule has 0 radical (unpaired) electrons. The second-order valence-corrected chi connectivity index (χ2v) is 13.0. The zero-order valence-electron chi connectivity index (χ0n) is 25.1. The maximum absolute atomic E-state index is 14.7. The number of imidazole rings is 1. The number of likely N-dealkylation sites (tertiary alicyclic amines) is 1. The Hall–Kier alpha value is -3.92. The van der Waals surface area contributed by atoms with Gasteiger partial charge in [0.2, 0.25) is 11.7 Å². The number of hydrogen-bond donors (Lipinski definition) is 1. The molecule has 4 aromatic rings. The number of fused-ring (bicyclic) bond motifs is 2. The predicted octanol–water partition coefficient (Wildman–Crippen LogP) is 6.74. The molecule has 5 heterocycles. The predicted molar refractivity (Wildman–Crippen MR) is 164 cm³/mol. The van der Waals surface area contributed by atoms with Crippen LogP contribution in [0.1, 0.15) is 71.4 Å². The molecule has 1 saturated heterocycles. The molecule has 2 fully saturated rings. The number of aromatic nitrogens is 4. The molecule has 43 heavy (non-hydrogen) atoms. The Morgan fingerprint density at radius 1 is 1.00 bits per heavy atom. The van der Waals surface area contributed by atoms with Gasteiger partial charge in [-0.05, 0) is 90.2 Å². The molecule has 0 atom stereocenters. The molecule has 1 N–H and O–H groups in total. The highest BCUT2D eigenvalue weighted by Crippen LogP contribution is 2.48. The van der Waals surface area contributed by atoms with Gasteiger partial charge in [0.15, 0.2) is 5.82 Å². The van der Waals surface area contributed by atoms with Crippen LogP contribution in [-0.2, 0) is 10.2 Å². The number of hydrogen-bond acceptors (Lipinski definition) is 6. The van der Waals surface area contributed by atoms with E-state index in [2.05, 4.69) is 26.3 Å². The minimum Gasteiger partial charge on any atom is -0.336 e. The number of piperidine rings is 1. The van der Waals surface area contributed by atoms with Crippen LogP contribution in [0, 0.1) is 11.8 Å². The van der Waals surface area contributed by atoms with Crippen LogP contribution in [-0.4, -0.2) is 55.5 Å². The zero-order chi connectivity index (χ0) is 30.0. The average Bonchev–Trinajstić information content (AvgIpc) is 3.49. The Morgan fingerprint density at radius 3 is 2.51 bits per heavy atom. The van der Waals surface area contributed by atoms with Crippen molar-refractivity contribution in [2.24, 2.45) is 0 Å². The lowest BCUT2D eigenvalue weighted by Gasteiger charge is -2.48. The van der Waals surface area contributed by atoms with Crippen LogP contribution in [0.25, 0.3) is 22.3 Å². The van der Waals surface area contributed by atoms with E-state index < -0.39 is 17.2 Å². The summed E-state index contributed by atoms with van der Waals surface area (Å²) in [5.74, 6) is -1.76. The number of nitrogens with one attached hydrogen (secondary N) is 1. The van der Waals surface area contributed by atoms with E-state index in [9.17, 15) is 13.6 Å². The van der Waals surface area contributed by atoms with Gasteiger partial charge in [0, 0.05) is 35.6 Å². The highest BCUT2D eigenvalue weighted by molar-refractivity contribution is 6.08. The normalized spacial score (nSPS) is 21.8. The van der Waals surface area contributed by atoms with Crippen LogP contribution in [0.5, 0.6) is 0 Å². The summed E-state index contributed by atoms with van der Waals surface area (Å²) in [4.78, 5) is 31.4. The molecule has 1 saturated carbocycles. The first-order valence-corrected chi connectivity index (χ1v) is 15.3. The van der Waals surface area contributed by atoms with Crippen LogP contribution in [0.15, 0.2) is 42.9 Å². The number of rotatable bonds is 6. The number of nitrogens with zero attached hydrogens (tertiary/aromatic N) is 6. The van der Waals surface area contributed by atoms with Crippen LogP contribution < -0.4 is 10.2 Å². The fraction of sp³-hybridized carbons (Fsp3) is 0.455. The molecule has 10 heteroatoms. The summed E-state index contributed by atoms with van der Waals surface area (Å²) >= 11 is 0. The van der Waals surface area contributed by atoms with Gasteiger partial charge in [0.1, 0.15) is 5.52 Å². The second kappa shape index (κ2) is 10.4. The summed E-state index contributed by atoms with van der Waals surface area (Å²) < 4.78 is 30.6. The van der Waals surface area contributed by atoms with E-state index in [0.29, 0.717) is 28.6 Å². The Kier molecular flexibility index (Phi) is 6.72. The van der Waals surface area contributed by atoms with Gasteiger partial charge < -0.3 is 19.7 Å². The Morgan fingerprint density at radius 2 is 1.77 bits per heavy atom. The quantitative estimate of drug-likeness (QED) is 0.253. The van der Waals surface area contributed by atoms with Gasteiger partial charge in [-0.1, -0.05) is 18.6 Å². The lowest BCUT2D eigenvalue weighted by Crippen LogP contribution is -2.57. The van der Waals surface area contributed by atoms with Crippen molar-refractivity contribution in [1.29, 1.82) is 0 Å². The van der Waals surface area contributed by atoms with Crippen LogP contribution in [0.2, 0.25) is 0 Å². The van der Waals surface area contributed by atoms with Gasteiger partial charge in [0.25, 0.3) is 5.95 Å². The average molecular weight is 586 g/mol. The minimum atomic E-state index is -1.18. The van der Waals surface area contributed by atoms with Gasteiger partial charge >= 0.3 is 0 Å². The number of benzene rings is 1. The monoisotopic (exact) mass is 585 g/mol. The van der Waals surface area contributed by atoms with E-state index in [1.165, 1.54) is 31.5 Å². The molecule has 1 amide bonds. The van der Waals surface area contributed by atoms with Crippen molar-refractivity contribution in [3.05, 3.63) is 60.2 Å². The highest BCUT2D eigenvalue weighted by atomic mass is 19.2. The summed E-state index contributed by atoms with van der Waals surface area (Å²) in [6, 6.07) is 10.1. The second-order valence-electron chi connectivity index (χ2n) is 13.0. The molecule has 0 bridgehead atoms. The topological polar surface area (TPSA) is 79.2 Å². The fourth-order valence-corrected chi connectivity index (χ4v) is 6.99. The maximum Gasteiger partial charge on any atom is 0.251 e. The van der Waals surface area contributed by atoms with Crippen LogP contribution >= 0.6 is 0 Å². The molecule has 8 nitrogen and oxygen atoms in total. The lowest BCUT2D eigenvalue weighted by molar-refractivity contribution is -0.123. The zero-order valence-corrected chi connectivity index (χ0v) is 25.1. The van der Waals surface area contributed by atoms with Gasteiger partial charge in [-0.25, -0.2) is 15.0 Å². The molecule has 0 spiro atoms. The Labute approximate surface area is 250 Å². The Balaban J connectivity index is 1.27. The first kappa shape index (κ1) is 27.9. The van der Waals surface area contributed by atoms with E-state index in [-0.39, 0.29) is 23.7 Å². The van der Waals surface area contributed by atoms with Gasteiger partial charge in [-0.2, -0.15) is 8.78 Å². The summed E-state index contributed by atoms with van der Waals surface area (Å²) in [5, 5.41) is 3.01. The SMILES string of the molecule is CC(C)n1cnc2cc(-c3ccc4c(c3)N([C@H]3C[C@@H](N5CCCCC5)C3)C(=O)C4(C)C)nc(Nc3ccnc(F)c3F)c21. The smallest absolute Gasteiger partial charge is 0.251 e. The molecule has 3 aliphatic rings. The molecular formula is C33H37F2N7O. The standard InChI is InChI=1S/C33H37F2N7O/c1-19(2)41-18-37-26-17-25(39-31(29(26)41)38-24-10-11-36-30(35)28(24)34)20-8-9-23-27(14-20)42(32(43)33(23,3)4)22-15-21(16-22)40-12-6-5-7-13-40/h8-11,14,17-19,21-22H,5-7,12-13,15-16H2,1-4H3,(H,36,38,39)/t21-,22+. The molecule has 2 aliphatic heterocycles. The third-order valence-electron chi connectivity index (χ3n) is 9.55. The lowest BCUT2D eigenvalue weighted by atomic mass is 9.82. The van der Waals surface area contributed by atoms with Crippen molar-refractivity contribution < 1.29 is 13.6 Å². The third kappa shape index (κ3) is 4.58. The first-order valence-electron chi connectivity index (χ1n) is 15.3. The number of carbonyl (C=O) groups is 1. The van der Waals surface area contributed by atoms with Crippen molar-refractivity contribution in [3.8, 4) is 11.3 Å². The molecule has 1 aromatic carbocycles. The summed E-state index contributed by atoms with van der Waals surface area (Å²) in [6.45, 7) is 10.4. The molecule has 7 rings (SSSR count). The van der Waals surface area contributed by atoms with Crippen molar-refractivity contribution in [2.75, 3.05) is 23.3 Å². The first-order chi connectivity index (χ1) is 20.6. The van der Waals surface area contributed by atoms with Gasteiger partial charge in [-0.3, -0.25) is 4.79 Å². The minimum absolute atomic E-state index is 0.0596. The largest absolute Gasteiger partial charge is 0.336 e. The molecule has 3 aromatic heterocycles. The number of anilines is 3. The highest BCUT2D eigenvalue weighted by Gasteiger charge is 2.50. The van der Waals surface area contributed by atoms with E-state index in [1.54, 1.807) is 6.33 Å². The van der Waals surface area contributed by atoms with Crippen LogP contribution in [0.3, 0.4) is 0 Å². The summed E-state index contributed by atoms with van der Waals surface area (Å²) in [6.07, 6.45) is 8.76. The Bertz CT molecular complexity index is 1720. The third-order valence-corrected chi connectivity index (χ3v) is 9.55. The van der Waals surface area contributed by atoms with E-state index in [4.69, 9.17) is 4.98 Å². The molecule has 0 unspecified atom stereocenters. The van der Waals surface area contributed by atoms with E-state index in [0.717, 1.165) is 42.7 Å². The number of amides is 1. The molecule has 1 aliphatic carbocycles. The van der Waals surface area contributed by atoms with Crippen molar-refractivity contribution in [2.45, 2.75) is 83.3 Å². The van der Waals surface area contributed by atoms with Crippen LogP contribution in [0.4, 0.5) is 26.0 Å². The van der Waals surface area contributed by atoms with Crippen molar-refractivity contribution in [3.63, 3.8) is 0 Å².